The minimum Gasteiger partial charge on any atom is -0.307 e. The molecule has 0 aliphatic rings. The van der Waals surface area contributed by atoms with Crippen LogP contribution in [0.5, 0.6) is 0 Å². The van der Waals surface area contributed by atoms with E-state index in [2.05, 4.69) is 15.5 Å². The summed E-state index contributed by atoms with van der Waals surface area (Å²) < 4.78 is 50.5. The fraction of sp³-hybridized carbons (Fsp3) is 0.455. The maximum Gasteiger partial charge on any atom is 0.333 e. The lowest BCUT2D eigenvalue weighted by molar-refractivity contribution is 0.0561. The molecule has 0 spiro atoms. The van der Waals surface area contributed by atoms with Crippen LogP contribution in [0.1, 0.15) is 17.8 Å². The standard InChI is InChI=1S/C11H13F4N5/c12-10(13)7-19-6-8(4-17-19)3-16-5-9-1-2-20(18-9)11(14)15/h1-2,4,6,10-11,16H,3,5,7H2. The van der Waals surface area contributed by atoms with Crippen LogP contribution < -0.4 is 5.32 Å². The van der Waals surface area contributed by atoms with E-state index in [1.54, 1.807) is 0 Å². The Morgan fingerprint density at radius 2 is 2.00 bits per heavy atom. The van der Waals surface area contributed by atoms with E-state index >= 15 is 0 Å². The van der Waals surface area contributed by atoms with E-state index in [0.717, 1.165) is 10.2 Å². The largest absolute Gasteiger partial charge is 0.333 e. The summed E-state index contributed by atoms with van der Waals surface area (Å²) in [6.45, 7) is -2.40. The van der Waals surface area contributed by atoms with Gasteiger partial charge in [0.25, 0.3) is 6.43 Å². The van der Waals surface area contributed by atoms with Crippen molar-refractivity contribution in [2.24, 2.45) is 0 Å². The molecular weight excluding hydrogens is 278 g/mol. The summed E-state index contributed by atoms with van der Waals surface area (Å²) in [7, 11) is 0. The van der Waals surface area contributed by atoms with Crippen LogP contribution >= 0.6 is 0 Å². The average Bonchev–Trinajstić information content (AvgIpc) is 2.98. The van der Waals surface area contributed by atoms with Gasteiger partial charge in [-0.15, -0.1) is 0 Å². The van der Waals surface area contributed by atoms with Crippen molar-refractivity contribution in [3.05, 3.63) is 35.9 Å². The molecule has 2 rings (SSSR count). The van der Waals surface area contributed by atoms with Crippen LogP contribution in [0.25, 0.3) is 0 Å². The molecule has 1 N–H and O–H groups in total. The van der Waals surface area contributed by atoms with E-state index in [1.807, 2.05) is 0 Å². The van der Waals surface area contributed by atoms with Crippen LogP contribution in [0.4, 0.5) is 17.6 Å². The van der Waals surface area contributed by atoms with Crippen LogP contribution in [0, 0.1) is 0 Å². The van der Waals surface area contributed by atoms with Crippen LogP contribution in [0.15, 0.2) is 24.7 Å². The summed E-state index contributed by atoms with van der Waals surface area (Å²) in [5.41, 5.74) is 1.21. The summed E-state index contributed by atoms with van der Waals surface area (Å²) in [4.78, 5) is 0. The van der Waals surface area contributed by atoms with Gasteiger partial charge in [-0.05, 0) is 6.07 Å². The maximum atomic E-state index is 12.3. The third-order valence-electron chi connectivity index (χ3n) is 2.51. The molecule has 0 aliphatic heterocycles. The SMILES string of the molecule is FC(F)Cn1cc(CNCc2ccn(C(F)F)n2)cn1. The van der Waals surface area contributed by atoms with Crippen molar-refractivity contribution in [2.45, 2.75) is 32.6 Å². The number of aromatic nitrogens is 4. The van der Waals surface area contributed by atoms with Gasteiger partial charge in [0.05, 0.1) is 11.9 Å². The van der Waals surface area contributed by atoms with Crippen molar-refractivity contribution in [1.82, 2.24) is 24.9 Å². The number of alkyl halides is 4. The van der Waals surface area contributed by atoms with E-state index in [-0.39, 0.29) is 0 Å². The second kappa shape index (κ2) is 6.51. The van der Waals surface area contributed by atoms with Gasteiger partial charge in [-0.2, -0.15) is 19.0 Å². The number of hydrogen-bond donors (Lipinski definition) is 1. The van der Waals surface area contributed by atoms with E-state index in [1.165, 1.54) is 24.7 Å². The molecule has 0 unspecified atom stereocenters. The van der Waals surface area contributed by atoms with Gasteiger partial charge >= 0.3 is 6.55 Å². The van der Waals surface area contributed by atoms with Crippen LogP contribution in [-0.4, -0.2) is 26.0 Å². The molecule has 0 aliphatic carbocycles. The molecular formula is C11H13F4N5. The lowest BCUT2D eigenvalue weighted by atomic mass is 10.3. The Balaban J connectivity index is 1.78. The zero-order chi connectivity index (χ0) is 14.5. The molecule has 20 heavy (non-hydrogen) atoms. The van der Waals surface area contributed by atoms with Gasteiger partial charge < -0.3 is 5.32 Å². The quantitative estimate of drug-likeness (QED) is 0.794. The number of halogens is 4. The van der Waals surface area contributed by atoms with Gasteiger partial charge in [-0.25, -0.2) is 13.5 Å². The van der Waals surface area contributed by atoms with Gasteiger partial charge in [-0.1, -0.05) is 0 Å². The second-order valence-corrected chi connectivity index (χ2v) is 4.13. The second-order valence-electron chi connectivity index (χ2n) is 4.13. The Bertz CT molecular complexity index is 536. The third kappa shape index (κ3) is 4.05. The third-order valence-corrected chi connectivity index (χ3v) is 2.51. The van der Waals surface area contributed by atoms with Gasteiger partial charge in [0, 0.05) is 31.0 Å². The molecule has 2 heterocycles. The van der Waals surface area contributed by atoms with Crippen molar-refractivity contribution in [3.8, 4) is 0 Å². The summed E-state index contributed by atoms with van der Waals surface area (Å²) in [6.07, 6.45) is 1.74. The number of hydrogen-bond acceptors (Lipinski definition) is 3. The first-order valence-corrected chi connectivity index (χ1v) is 5.87. The Morgan fingerprint density at radius 1 is 1.20 bits per heavy atom. The first-order chi connectivity index (χ1) is 9.54. The molecule has 0 saturated carbocycles. The summed E-state index contributed by atoms with van der Waals surface area (Å²) in [5.74, 6) is 0. The van der Waals surface area contributed by atoms with Gasteiger partial charge in [0.1, 0.15) is 6.54 Å². The van der Waals surface area contributed by atoms with Crippen molar-refractivity contribution in [3.63, 3.8) is 0 Å². The molecule has 5 nitrogen and oxygen atoms in total. The monoisotopic (exact) mass is 291 g/mol. The van der Waals surface area contributed by atoms with Gasteiger partial charge in [0.2, 0.25) is 0 Å². The first-order valence-electron chi connectivity index (χ1n) is 5.87. The zero-order valence-electron chi connectivity index (χ0n) is 10.4. The summed E-state index contributed by atoms with van der Waals surface area (Å²) in [6, 6.07) is 1.49. The van der Waals surface area contributed by atoms with E-state index in [4.69, 9.17) is 0 Å². The van der Waals surface area contributed by atoms with Crippen molar-refractivity contribution in [2.75, 3.05) is 0 Å². The summed E-state index contributed by atoms with van der Waals surface area (Å²) >= 11 is 0. The highest BCUT2D eigenvalue weighted by Crippen LogP contribution is 2.08. The van der Waals surface area contributed by atoms with Crippen LogP contribution in [0.2, 0.25) is 0 Å². The van der Waals surface area contributed by atoms with Crippen molar-refractivity contribution < 1.29 is 17.6 Å². The molecule has 0 amide bonds. The highest BCUT2D eigenvalue weighted by molar-refractivity contribution is 5.04. The van der Waals surface area contributed by atoms with E-state index in [9.17, 15) is 17.6 Å². The Hall–Kier alpha value is -1.90. The first kappa shape index (κ1) is 14.5. The van der Waals surface area contributed by atoms with Crippen molar-refractivity contribution >= 4 is 0 Å². The van der Waals surface area contributed by atoms with Crippen LogP contribution in [-0.2, 0) is 19.6 Å². The number of nitrogens with one attached hydrogen (secondary N) is 1. The minimum absolute atomic E-state index is 0.305. The smallest absolute Gasteiger partial charge is 0.307 e. The lowest BCUT2D eigenvalue weighted by Gasteiger charge is -2.01. The normalized spacial score (nSPS) is 11.7. The molecule has 110 valence electrons. The fourth-order valence-corrected chi connectivity index (χ4v) is 1.65. The molecule has 0 atom stereocenters. The highest BCUT2D eigenvalue weighted by Gasteiger charge is 2.08. The average molecular weight is 291 g/mol. The molecule has 0 radical (unpaired) electrons. The predicted octanol–water partition coefficient (Wildman–Crippen LogP) is 2.03. The Labute approximate surface area is 112 Å². The molecule has 2 aromatic heterocycles. The molecule has 9 heteroatoms. The Morgan fingerprint density at radius 3 is 2.65 bits per heavy atom. The highest BCUT2D eigenvalue weighted by atomic mass is 19.3. The van der Waals surface area contributed by atoms with Crippen LogP contribution in [0.3, 0.4) is 0 Å². The zero-order valence-corrected chi connectivity index (χ0v) is 10.4. The molecule has 2 aromatic rings. The minimum atomic E-state index is -2.66. The van der Waals surface area contributed by atoms with E-state index in [0.29, 0.717) is 23.5 Å². The fourth-order valence-electron chi connectivity index (χ4n) is 1.65. The van der Waals surface area contributed by atoms with Gasteiger partial charge in [0.15, 0.2) is 0 Å². The Kier molecular flexibility index (Phi) is 4.72. The maximum absolute atomic E-state index is 12.3. The molecule has 0 bridgehead atoms. The summed E-state index contributed by atoms with van der Waals surface area (Å²) in [5, 5.41) is 10.4. The number of nitrogens with zero attached hydrogens (tertiary/aromatic N) is 4. The van der Waals surface area contributed by atoms with Gasteiger partial charge in [-0.3, -0.25) is 4.68 Å². The predicted molar refractivity (Wildman–Crippen MR) is 62.3 cm³/mol. The number of rotatable bonds is 7. The van der Waals surface area contributed by atoms with Crippen molar-refractivity contribution in [1.29, 1.82) is 0 Å². The lowest BCUT2D eigenvalue weighted by Crippen LogP contribution is -2.13. The van der Waals surface area contributed by atoms with E-state index < -0.39 is 19.5 Å². The molecule has 0 saturated heterocycles. The molecule has 0 fully saturated rings. The molecule has 0 aromatic carbocycles. The topological polar surface area (TPSA) is 47.7 Å².